The van der Waals surface area contributed by atoms with Gasteiger partial charge < -0.3 is 5.32 Å². The van der Waals surface area contributed by atoms with Crippen molar-refractivity contribution in [1.82, 2.24) is 10.3 Å². The Bertz CT molecular complexity index is 422. The maximum atomic E-state index is 12.0. The van der Waals surface area contributed by atoms with Gasteiger partial charge >= 0.3 is 0 Å². The molecule has 98 valence electrons. The van der Waals surface area contributed by atoms with Crippen LogP contribution in [0.15, 0.2) is 22.8 Å². The topological polar surface area (TPSA) is 42.0 Å². The van der Waals surface area contributed by atoms with E-state index >= 15 is 0 Å². The Balaban J connectivity index is 1.88. The van der Waals surface area contributed by atoms with E-state index in [1.165, 1.54) is 25.7 Å². The Labute approximate surface area is 117 Å². The second-order valence-electron chi connectivity index (χ2n) is 5.08. The molecule has 1 N–H and O–H groups in total. The fourth-order valence-corrected chi connectivity index (χ4v) is 2.89. The van der Waals surface area contributed by atoms with E-state index in [0.29, 0.717) is 16.2 Å². The van der Waals surface area contributed by atoms with Crippen molar-refractivity contribution in [3.8, 4) is 0 Å². The number of aromatic nitrogens is 1. The van der Waals surface area contributed by atoms with Crippen LogP contribution in [0.5, 0.6) is 0 Å². The highest BCUT2D eigenvalue weighted by molar-refractivity contribution is 9.10. The Morgan fingerprint density at radius 1 is 1.44 bits per heavy atom. The number of pyridine rings is 1. The van der Waals surface area contributed by atoms with Gasteiger partial charge in [-0.05, 0) is 46.3 Å². The SMILES string of the molecule is CC1CCCCC1CNC(=O)c1cccc(Br)n1. The van der Waals surface area contributed by atoms with E-state index in [2.05, 4.69) is 33.2 Å². The molecule has 0 spiro atoms. The second kappa shape index (κ2) is 6.32. The number of nitrogens with zero attached hydrogens (tertiary/aromatic N) is 1. The minimum atomic E-state index is -0.0749. The second-order valence-corrected chi connectivity index (χ2v) is 5.89. The monoisotopic (exact) mass is 310 g/mol. The molecule has 1 aromatic rings. The molecule has 18 heavy (non-hydrogen) atoms. The number of carbonyl (C=O) groups excluding carboxylic acids is 1. The molecule has 2 rings (SSSR count). The Hall–Kier alpha value is -0.900. The van der Waals surface area contributed by atoms with Crippen molar-refractivity contribution in [2.75, 3.05) is 6.54 Å². The first-order valence-electron chi connectivity index (χ1n) is 6.57. The third-order valence-electron chi connectivity index (χ3n) is 3.76. The first kappa shape index (κ1) is 13.5. The fourth-order valence-electron chi connectivity index (χ4n) is 2.55. The van der Waals surface area contributed by atoms with E-state index in [1.807, 2.05) is 12.1 Å². The Morgan fingerprint density at radius 3 is 2.94 bits per heavy atom. The van der Waals surface area contributed by atoms with Crippen molar-refractivity contribution in [2.24, 2.45) is 11.8 Å². The van der Waals surface area contributed by atoms with Crippen LogP contribution in [0.3, 0.4) is 0 Å². The van der Waals surface area contributed by atoms with E-state index in [9.17, 15) is 4.79 Å². The van der Waals surface area contributed by atoms with Crippen LogP contribution >= 0.6 is 15.9 Å². The molecular weight excluding hydrogens is 292 g/mol. The number of hydrogen-bond acceptors (Lipinski definition) is 2. The molecule has 1 amide bonds. The third-order valence-corrected chi connectivity index (χ3v) is 4.20. The molecule has 3 nitrogen and oxygen atoms in total. The van der Waals surface area contributed by atoms with Crippen molar-refractivity contribution in [1.29, 1.82) is 0 Å². The summed E-state index contributed by atoms with van der Waals surface area (Å²) >= 11 is 3.28. The lowest BCUT2D eigenvalue weighted by Crippen LogP contribution is -2.33. The molecule has 1 saturated carbocycles. The highest BCUT2D eigenvalue weighted by Gasteiger charge is 2.21. The Morgan fingerprint density at radius 2 is 2.22 bits per heavy atom. The van der Waals surface area contributed by atoms with Gasteiger partial charge in [-0.1, -0.05) is 32.3 Å². The number of halogens is 1. The fraction of sp³-hybridized carbons (Fsp3) is 0.571. The van der Waals surface area contributed by atoms with Crippen molar-refractivity contribution in [2.45, 2.75) is 32.6 Å². The van der Waals surface area contributed by atoms with Gasteiger partial charge in [0.05, 0.1) is 0 Å². The van der Waals surface area contributed by atoms with E-state index in [4.69, 9.17) is 0 Å². The average molecular weight is 311 g/mol. The zero-order valence-corrected chi connectivity index (χ0v) is 12.2. The molecule has 0 aliphatic heterocycles. The predicted molar refractivity (Wildman–Crippen MR) is 75.4 cm³/mol. The summed E-state index contributed by atoms with van der Waals surface area (Å²) in [5.41, 5.74) is 0.479. The molecule has 1 heterocycles. The van der Waals surface area contributed by atoms with Gasteiger partial charge in [0.25, 0.3) is 5.91 Å². The van der Waals surface area contributed by atoms with Gasteiger partial charge in [-0.3, -0.25) is 4.79 Å². The van der Waals surface area contributed by atoms with Crippen LogP contribution in [0.2, 0.25) is 0 Å². The summed E-state index contributed by atoms with van der Waals surface area (Å²) in [5, 5.41) is 3.00. The maximum absolute atomic E-state index is 12.0. The van der Waals surface area contributed by atoms with E-state index in [-0.39, 0.29) is 5.91 Å². The first-order chi connectivity index (χ1) is 8.66. The summed E-state index contributed by atoms with van der Waals surface area (Å²) in [6.45, 7) is 3.06. The molecule has 1 aliphatic rings. The molecule has 2 atom stereocenters. The van der Waals surface area contributed by atoms with Gasteiger partial charge in [-0.2, -0.15) is 0 Å². The molecule has 1 fully saturated rings. The lowest BCUT2D eigenvalue weighted by Gasteiger charge is -2.28. The number of rotatable bonds is 3. The van der Waals surface area contributed by atoms with Gasteiger partial charge in [-0.25, -0.2) is 4.98 Å². The molecule has 1 aliphatic carbocycles. The Kier molecular flexibility index (Phi) is 4.75. The van der Waals surface area contributed by atoms with E-state index < -0.39 is 0 Å². The normalized spacial score (nSPS) is 23.7. The minimum Gasteiger partial charge on any atom is -0.350 e. The van der Waals surface area contributed by atoms with Gasteiger partial charge in [0.15, 0.2) is 0 Å². The highest BCUT2D eigenvalue weighted by Crippen LogP contribution is 2.28. The standard InChI is InChI=1S/C14H19BrN2O/c1-10-5-2-3-6-11(10)9-16-14(18)12-7-4-8-13(15)17-12/h4,7-8,10-11H,2-3,5-6,9H2,1H3,(H,16,18). The van der Waals surface area contributed by atoms with Crippen LogP contribution in [0.1, 0.15) is 43.1 Å². The zero-order valence-electron chi connectivity index (χ0n) is 10.7. The van der Waals surface area contributed by atoms with Crippen molar-refractivity contribution in [3.05, 3.63) is 28.5 Å². The summed E-state index contributed by atoms with van der Waals surface area (Å²) in [6, 6.07) is 5.39. The van der Waals surface area contributed by atoms with Gasteiger partial charge in [-0.15, -0.1) is 0 Å². The largest absolute Gasteiger partial charge is 0.350 e. The van der Waals surface area contributed by atoms with Gasteiger partial charge in [0.1, 0.15) is 10.3 Å². The molecule has 0 radical (unpaired) electrons. The molecule has 2 unspecified atom stereocenters. The first-order valence-corrected chi connectivity index (χ1v) is 7.37. The summed E-state index contributed by atoms with van der Waals surface area (Å²) in [6.07, 6.45) is 5.14. The van der Waals surface area contributed by atoms with Crippen LogP contribution in [-0.4, -0.2) is 17.4 Å². The van der Waals surface area contributed by atoms with Crippen LogP contribution in [0, 0.1) is 11.8 Å². The quantitative estimate of drug-likeness (QED) is 0.869. The van der Waals surface area contributed by atoms with Gasteiger partial charge in [0, 0.05) is 6.54 Å². The van der Waals surface area contributed by atoms with Crippen molar-refractivity contribution < 1.29 is 4.79 Å². The van der Waals surface area contributed by atoms with Crippen LogP contribution in [-0.2, 0) is 0 Å². The van der Waals surface area contributed by atoms with Crippen LogP contribution in [0.4, 0.5) is 0 Å². The molecule has 1 aromatic heterocycles. The number of carbonyl (C=O) groups is 1. The van der Waals surface area contributed by atoms with Crippen molar-refractivity contribution in [3.63, 3.8) is 0 Å². The summed E-state index contributed by atoms with van der Waals surface area (Å²) < 4.78 is 0.696. The molecular formula is C14H19BrN2O. The van der Waals surface area contributed by atoms with E-state index in [0.717, 1.165) is 12.5 Å². The summed E-state index contributed by atoms with van der Waals surface area (Å²) in [7, 11) is 0. The van der Waals surface area contributed by atoms with Gasteiger partial charge in [0.2, 0.25) is 0 Å². The lowest BCUT2D eigenvalue weighted by molar-refractivity contribution is 0.0931. The molecule has 0 aromatic carbocycles. The molecule has 0 saturated heterocycles. The zero-order chi connectivity index (χ0) is 13.0. The smallest absolute Gasteiger partial charge is 0.269 e. The minimum absolute atomic E-state index is 0.0749. The average Bonchev–Trinajstić information content (AvgIpc) is 2.37. The van der Waals surface area contributed by atoms with Crippen molar-refractivity contribution >= 4 is 21.8 Å². The third kappa shape index (κ3) is 3.55. The highest BCUT2D eigenvalue weighted by atomic mass is 79.9. The summed E-state index contributed by atoms with van der Waals surface area (Å²) in [5.74, 6) is 1.26. The molecule has 4 heteroatoms. The lowest BCUT2D eigenvalue weighted by atomic mass is 9.80. The number of nitrogens with one attached hydrogen (secondary N) is 1. The predicted octanol–water partition coefficient (Wildman–Crippen LogP) is 3.40. The maximum Gasteiger partial charge on any atom is 0.269 e. The van der Waals surface area contributed by atoms with Crippen LogP contribution < -0.4 is 5.32 Å². The number of hydrogen-bond donors (Lipinski definition) is 1. The number of amides is 1. The van der Waals surface area contributed by atoms with E-state index in [1.54, 1.807) is 6.07 Å². The van der Waals surface area contributed by atoms with Crippen LogP contribution in [0.25, 0.3) is 0 Å². The molecule has 0 bridgehead atoms. The summed E-state index contributed by atoms with van der Waals surface area (Å²) in [4.78, 5) is 16.1.